The Kier molecular flexibility index (Phi) is 5.21. The summed E-state index contributed by atoms with van der Waals surface area (Å²) in [5, 5.41) is 0. The summed E-state index contributed by atoms with van der Waals surface area (Å²) in [6.07, 6.45) is 5.47. The highest BCUT2D eigenvalue weighted by atomic mass is 16.7. The molecule has 0 aliphatic rings. The Morgan fingerprint density at radius 1 is 1.29 bits per heavy atom. The second-order valence-corrected chi connectivity index (χ2v) is 3.40. The van der Waals surface area contributed by atoms with Crippen LogP contribution in [0.1, 0.15) is 20.8 Å². The molecule has 5 heteroatoms. The van der Waals surface area contributed by atoms with Crippen molar-refractivity contribution in [2.75, 3.05) is 0 Å². The first-order valence-electron chi connectivity index (χ1n) is 4.06. The number of rotatable bonds is 2. The summed E-state index contributed by atoms with van der Waals surface area (Å²) >= 11 is 0. The molecule has 0 bridgehead atoms. The van der Waals surface area contributed by atoms with E-state index < -0.39 is 0 Å². The minimum Gasteiger partial charge on any atom is -0.407 e. The van der Waals surface area contributed by atoms with Gasteiger partial charge < -0.3 is 4.84 Å². The molecule has 1 rings (SSSR count). The maximum absolute atomic E-state index is 8.81. The largest absolute Gasteiger partial charge is 0.407 e. The molecule has 0 saturated carbocycles. The average molecular weight is 198 g/mol. The van der Waals surface area contributed by atoms with Crippen LogP contribution >= 0.6 is 0 Å². The van der Waals surface area contributed by atoms with Crippen LogP contribution in [0.25, 0.3) is 0 Å². The van der Waals surface area contributed by atoms with Crippen LogP contribution in [0.3, 0.4) is 0 Å². The van der Waals surface area contributed by atoms with Gasteiger partial charge in [0, 0.05) is 6.20 Å². The van der Waals surface area contributed by atoms with Gasteiger partial charge in [-0.1, -0.05) is 0 Å². The molecule has 0 aliphatic carbocycles. The number of hydrogen-bond acceptors (Lipinski definition) is 4. The Hall–Kier alpha value is -1.65. The lowest BCUT2D eigenvalue weighted by Gasteiger charge is -2.19. The summed E-state index contributed by atoms with van der Waals surface area (Å²) in [4.78, 5) is 26.9. The highest BCUT2D eigenvalue weighted by Gasteiger charge is 2.10. The lowest BCUT2D eigenvalue weighted by atomic mass is 10.2. The van der Waals surface area contributed by atoms with Crippen molar-refractivity contribution in [2.45, 2.75) is 26.4 Å². The maximum Gasteiger partial charge on any atom is 0.182 e. The third-order valence-electron chi connectivity index (χ3n) is 0.915. The van der Waals surface area contributed by atoms with E-state index in [4.69, 9.17) is 14.4 Å². The van der Waals surface area contributed by atoms with E-state index in [1.165, 1.54) is 0 Å². The van der Waals surface area contributed by atoms with E-state index in [1.54, 1.807) is 23.5 Å². The zero-order valence-corrected chi connectivity index (χ0v) is 8.51. The Balaban J connectivity index is 0.000000364. The first-order chi connectivity index (χ1) is 6.49. The molecule has 0 atom stereocenters. The summed E-state index contributed by atoms with van der Waals surface area (Å²) in [6.45, 7) is 5.98. The second-order valence-electron chi connectivity index (χ2n) is 3.40. The number of hydrogen-bond donors (Lipinski definition) is 0. The van der Waals surface area contributed by atoms with Crippen molar-refractivity contribution in [3.8, 4) is 0 Å². The Bertz CT molecular complexity index is 256. The van der Waals surface area contributed by atoms with E-state index in [9.17, 15) is 0 Å². The smallest absolute Gasteiger partial charge is 0.182 e. The number of carbonyl (C=O) groups excluding carboxylic acids is 2. The van der Waals surface area contributed by atoms with E-state index >= 15 is 0 Å². The topological polar surface area (TPSA) is 61.2 Å². The third-order valence-corrected chi connectivity index (χ3v) is 0.915. The summed E-state index contributed by atoms with van der Waals surface area (Å²) in [5.74, 6) is 0. The van der Waals surface area contributed by atoms with E-state index in [0.717, 1.165) is 0 Å². The molecular weight excluding hydrogens is 184 g/mol. The fourth-order valence-electron chi connectivity index (χ4n) is 0.617. The van der Waals surface area contributed by atoms with Gasteiger partial charge in [-0.3, -0.25) is 9.59 Å². The summed E-state index contributed by atoms with van der Waals surface area (Å²) in [6, 6.07) is 0. The van der Waals surface area contributed by atoms with Gasteiger partial charge in [0.2, 0.25) is 0 Å². The maximum atomic E-state index is 8.81. The highest BCUT2D eigenvalue weighted by Crippen LogP contribution is 2.01. The van der Waals surface area contributed by atoms with Crippen LogP contribution in [0.2, 0.25) is 0 Å². The van der Waals surface area contributed by atoms with Gasteiger partial charge in [-0.15, -0.1) is 0 Å². The van der Waals surface area contributed by atoms with Crippen LogP contribution in [0.4, 0.5) is 0 Å². The standard InChI is InChI=1S/C7H12N2O.C2H2O2/c1-7(2,3)10-9-5-4-8-6-9;3-1-2-4/h4-6H,1-3H3;1-2H. The van der Waals surface area contributed by atoms with Gasteiger partial charge in [-0.05, 0) is 20.8 Å². The fraction of sp³-hybridized carbons (Fsp3) is 0.444. The zero-order chi connectivity index (χ0) is 11.0. The highest BCUT2D eigenvalue weighted by molar-refractivity contribution is 6.09. The Labute approximate surface area is 82.7 Å². The number of aromatic nitrogens is 2. The van der Waals surface area contributed by atoms with Crippen molar-refractivity contribution < 1.29 is 14.4 Å². The van der Waals surface area contributed by atoms with Gasteiger partial charge in [-0.25, -0.2) is 4.98 Å². The number of carbonyl (C=O) groups is 2. The molecule has 1 heterocycles. The molecule has 1 aromatic rings. The molecule has 0 saturated heterocycles. The minimum absolute atomic E-state index is 0.152. The summed E-state index contributed by atoms with van der Waals surface area (Å²) in [5.41, 5.74) is -0.152. The summed E-state index contributed by atoms with van der Waals surface area (Å²) < 4.78 is 1.60. The van der Waals surface area contributed by atoms with Crippen LogP contribution < -0.4 is 4.84 Å². The van der Waals surface area contributed by atoms with Crippen LogP contribution in [-0.2, 0) is 9.59 Å². The fourth-order valence-corrected chi connectivity index (χ4v) is 0.617. The molecule has 0 radical (unpaired) electrons. The van der Waals surface area contributed by atoms with Crippen molar-refractivity contribution in [1.29, 1.82) is 0 Å². The molecule has 0 fully saturated rings. The van der Waals surface area contributed by atoms with Crippen molar-refractivity contribution in [3.63, 3.8) is 0 Å². The molecule has 0 amide bonds. The van der Waals surface area contributed by atoms with E-state index in [0.29, 0.717) is 0 Å². The van der Waals surface area contributed by atoms with E-state index in [-0.39, 0.29) is 18.2 Å². The molecule has 1 aromatic heterocycles. The molecule has 0 unspecified atom stereocenters. The van der Waals surface area contributed by atoms with Gasteiger partial charge in [0.1, 0.15) is 11.9 Å². The van der Waals surface area contributed by atoms with Gasteiger partial charge in [0.15, 0.2) is 12.6 Å². The lowest BCUT2D eigenvalue weighted by molar-refractivity contribution is -0.122. The second kappa shape index (κ2) is 5.90. The predicted octanol–water partition coefficient (Wildman–Crippen LogP) is 0.494. The molecule has 14 heavy (non-hydrogen) atoms. The first-order valence-corrected chi connectivity index (χ1v) is 4.06. The monoisotopic (exact) mass is 198 g/mol. The van der Waals surface area contributed by atoms with Crippen molar-refractivity contribution in [1.82, 2.24) is 9.71 Å². The third kappa shape index (κ3) is 7.02. The van der Waals surface area contributed by atoms with Gasteiger partial charge in [0.05, 0.1) is 6.20 Å². The minimum atomic E-state index is -0.152. The molecule has 5 nitrogen and oxygen atoms in total. The Morgan fingerprint density at radius 2 is 1.86 bits per heavy atom. The van der Waals surface area contributed by atoms with Gasteiger partial charge >= 0.3 is 0 Å². The molecule has 0 spiro atoms. The van der Waals surface area contributed by atoms with E-state index in [2.05, 4.69) is 4.98 Å². The average Bonchev–Trinajstić information content (AvgIpc) is 2.54. The van der Waals surface area contributed by atoms with Crippen molar-refractivity contribution >= 4 is 12.6 Å². The van der Waals surface area contributed by atoms with Gasteiger partial charge in [-0.2, -0.15) is 4.73 Å². The number of nitrogens with zero attached hydrogens (tertiary/aromatic N) is 2. The predicted molar refractivity (Wildman–Crippen MR) is 50.7 cm³/mol. The van der Waals surface area contributed by atoms with Crippen LogP contribution in [-0.4, -0.2) is 27.9 Å². The molecular formula is C9H14N2O3. The Morgan fingerprint density at radius 3 is 2.14 bits per heavy atom. The summed E-state index contributed by atoms with van der Waals surface area (Å²) in [7, 11) is 0. The normalized spacial score (nSPS) is 9.64. The van der Waals surface area contributed by atoms with Crippen LogP contribution in [0.15, 0.2) is 18.7 Å². The molecule has 0 aliphatic heterocycles. The van der Waals surface area contributed by atoms with Crippen LogP contribution in [0, 0.1) is 0 Å². The van der Waals surface area contributed by atoms with Crippen LogP contribution in [0.5, 0.6) is 0 Å². The first kappa shape index (κ1) is 12.3. The SMILES string of the molecule is CC(C)(C)On1ccnc1.O=CC=O. The quantitative estimate of drug-likeness (QED) is 0.512. The molecule has 0 aromatic carbocycles. The lowest BCUT2D eigenvalue weighted by Crippen LogP contribution is -2.30. The van der Waals surface area contributed by atoms with Gasteiger partial charge in [0.25, 0.3) is 0 Å². The van der Waals surface area contributed by atoms with Crippen molar-refractivity contribution in [3.05, 3.63) is 18.7 Å². The molecule has 0 N–H and O–H groups in total. The number of imidazole rings is 1. The molecule has 78 valence electrons. The van der Waals surface area contributed by atoms with E-state index in [1.807, 2.05) is 20.8 Å². The zero-order valence-electron chi connectivity index (χ0n) is 8.51. The number of aldehydes is 2. The van der Waals surface area contributed by atoms with Crippen molar-refractivity contribution in [2.24, 2.45) is 0 Å².